The molecular formula is C8H4F3IN2. The second-order valence-electron chi connectivity index (χ2n) is 2.49. The van der Waals surface area contributed by atoms with Gasteiger partial charge in [0.05, 0.1) is 23.7 Å². The number of nitrogens with zero attached hydrogens (tertiary/aromatic N) is 2. The third-order valence-electron chi connectivity index (χ3n) is 1.48. The Labute approximate surface area is 91.9 Å². The first-order valence-electron chi connectivity index (χ1n) is 3.53. The summed E-state index contributed by atoms with van der Waals surface area (Å²) in [6, 6.07) is 2.66. The van der Waals surface area contributed by atoms with Gasteiger partial charge in [-0.25, -0.2) is 0 Å². The maximum absolute atomic E-state index is 12.4. The first-order chi connectivity index (χ1) is 6.45. The van der Waals surface area contributed by atoms with Gasteiger partial charge in [0.1, 0.15) is 0 Å². The van der Waals surface area contributed by atoms with Crippen LogP contribution in [0.4, 0.5) is 13.2 Å². The van der Waals surface area contributed by atoms with Crippen molar-refractivity contribution in [1.29, 1.82) is 5.26 Å². The van der Waals surface area contributed by atoms with Crippen LogP contribution in [0.15, 0.2) is 12.3 Å². The summed E-state index contributed by atoms with van der Waals surface area (Å²) in [6.45, 7) is 0. The summed E-state index contributed by atoms with van der Waals surface area (Å²) < 4.78 is 37.1. The van der Waals surface area contributed by atoms with E-state index in [0.717, 1.165) is 12.3 Å². The smallest absolute Gasteiger partial charge is 0.259 e. The molecule has 0 aromatic carbocycles. The third kappa shape index (κ3) is 2.57. The van der Waals surface area contributed by atoms with Crippen LogP contribution in [-0.4, -0.2) is 4.98 Å². The monoisotopic (exact) mass is 312 g/mol. The second-order valence-corrected chi connectivity index (χ2v) is 3.65. The van der Waals surface area contributed by atoms with Crippen molar-refractivity contribution < 1.29 is 13.2 Å². The van der Waals surface area contributed by atoms with Gasteiger partial charge in [0.15, 0.2) is 0 Å². The van der Waals surface area contributed by atoms with Gasteiger partial charge in [-0.2, -0.15) is 18.4 Å². The fourth-order valence-electron chi connectivity index (χ4n) is 0.877. The van der Waals surface area contributed by atoms with Crippen molar-refractivity contribution in [3.8, 4) is 6.07 Å². The van der Waals surface area contributed by atoms with E-state index in [1.54, 1.807) is 28.7 Å². The SMILES string of the molecule is N#CCc1cc(C(F)(F)F)c(I)cn1. The average Bonchev–Trinajstić information content (AvgIpc) is 2.07. The third-order valence-corrected chi connectivity index (χ3v) is 2.34. The van der Waals surface area contributed by atoms with Crippen LogP contribution in [0.25, 0.3) is 0 Å². The number of hydrogen-bond acceptors (Lipinski definition) is 2. The predicted octanol–water partition coefficient (Wildman–Crippen LogP) is 2.77. The van der Waals surface area contributed by atoms with Crippen LogP contribution in [0.1, 0.15) is 11.3 Å². The lowest BCUT2D eigenvalue weighted by Crippen LogP contribution is -2.09. The number of halogens is 4. The topological polar surface area (TPSA) is 36.7 Å². The van der Waals surface area contributed by atoms with E-state index in [-0.39, 0.29) is 15.7 Å². The molecule has 0 spiro atoms. The zero-order valence-corrected chi connectivity index (χ0v) is 8.93. The molecule has 1 heterocycles. The van der Waals surface area contributed by atoms with Crippen molar-refractivity contribution in [3.05, 3.63) is 27.1 Å². The Balaban J connectivity index is 3.17. The van der Waals surface area contributed by atoms with E-state index in [0.29, 0.717) is 0 Å². The van der Waals surface area contributed by atoms with Crippen LogP contribution in [0, 0.1) is 14.9 Å². The van der Waals surface area contributed by atoms with E-state index in [1.807, 2.05) is 0 Å². The van der Waals surface area contributed by atoms with Crippen molar-refractivity contribution in [3.63, 3.8) is 0 Å². The number of pyridine rings is 1. The number of hydrogen-bond donors (Lipinski definition) is 0. The van der Waals surface area contributed by atoms with Gasteiger partial charge in [-0.3, -0.25) is 4.98 Å². The zero-order chi connectivity index (χ0) is 10.8. The average molecular weight is 312 g/mol. The highest BCUT2D eigenvalue weighted by Gasteiger charge is 2.33. The number of aromatic nitrogens is 1. The van der Waals surface area contributed by atoms with Gasteiger partial charge >= 0.3 is 6.18 Å². The highest BCUT2D eigenvalue weighted by atomic mass is 127. The largest absolute Gasteiger partial charge is 0.417 e. The number of nitriles is 1. The molecule has 1 rings (SSSR count). The van der Waals surface area contributed by atoms with E-state index in [9.17, 15) is 13.2 Å². The lowest BCUT2D eigenvalue weighted by molar-refractivity contribution is -0.138. The van der Waals surface area contributed by atoms with Crippen molar-refractivity contribution in [2.45, 2.75) is 12.6 Å². The van der Waals surface area contributed by atoms with Crippen molar-refractivity contribution >= 4 is 22.6 Å². The van der Waals surface area contributed by atoms with E-state index in [1.165, 1.54) is 0 Å². The molecule has 0 radical (unpaired) electrons. The molecule has 0 bridgehead atoms. The highest BCUT2D eigenvalue weighted by Crippen LogP contribution is 2.32. The minimum absolute atomic E-state index is 0.0387. The van der Waals surface area contributed by atoms with Gasteiger partial charge < -0.3 is 0 Å². The van der Waals surface area contributed by atoms with Crippen LogP contribution in [0.5, 0.6) is 0 Å². The fourth-order valence-corrected chi connectivity index (χ4v) is 1.48. The predicted molar refractivity (Wildman–Crippen MR) is 51.3 cm³/mol. The van der Waals surface area contributed by atoms with Crippen LogP contribution < -0.4 is 0 Å². The Morgan fingerprint density at radius 2 is 2.14 bits per heavy atom. The van der Waals surface area contributed by atoms with Gasteiger partial charge in [-0.05, 0) is 28.7 Å². The quantitative estimate of drug-likeness (QED) is 0.748. The molecule has 0 fully saturated rings. The van der Waals surface area contributed by atoms with E-state index in [2.05, 4.69) is 4.98 Å². The Morgan fingerprint density at radius 1 is 1.50 bits per heavy atom. The first-order valence-corrected chi connectivity index (χ1v) is 4.61. The molecule has 6 heteroatoms. The van der Waals surface area contributed by atoms with E-state index in [4.69, 9.17) is 5.26 Å². The Morgan fingerprint density at radius 3 is 2.64 bits per heavy atom. The summed E-state index contributed by atoms with van der Waals surface area (Å²) in [6.07, 6.45) is -3.38. The first kappa shape index (κ1) is 11.2. The number of rotatable bonds is 1. The standard InChI is InChI=1S/C8H4F3IN2/c9-8(10,11)6-3-5(1-2-13)14-4-7(6)12/h3-4H,1H2. The molecular weight excluding hydrogens is 308 g/mol. The summed E-state index contributed by atoms with van der Waals surface area (Å²) in [5.74, 6) is 0. The lowest BCUT2D eigenvalue weighted by atomic mass is 10.2. The summed E-state index contributed by atoms with van der Waals surface area (Å²) in [5.41, 5.74) is -0.599. The van der Waals surface area contributed by atoms with Gasteiger partial charge in [-0.15, -0.1) is 0 Å². The molecule has 0 saturated heterocycles. The minimum atomic E-state index is -4.39. The molecule has 0 aliphatic carbocycles. The summed E-state index contributed by atoms with van der Waals surface area (Å²) in [7, 11) is 0. The maximum atomic E-state index is 12.4. The maximum Gasteiger partial charge on any atom is 0.417 e. The normalized spacial score (nSPS) is 11.1. The molecule has 0 aliphatic rings. The molecule has 0 amide bonds. The molecule has 0 atom stereocenters. The Hall–Kier alpha value is -0.840. The summed E-state index contributed by atoms with van der Waals surface area (Å²) in [5, 5.41) is 8.31. The molecule has 14 heavy (non-hydrogen) atoms. The number of alkyl halides is 3. The Kier molecular flexibility index (Phi) is 3.31. The van der Waals surface area contributed by atoms with Crippen LogP contribution in [0.3, 0.4) is 0 Å². The van der Waals surface area contributed by atoms with Gasteiger partial charge in [0, 0.05) is 9.77 Å². The van der Waals surface area contributed by atoms with E-state index < -0.39 is 11.7 Å². The van der Waals surface area contributed by atoms with Crippen molar-refractivity contribution in [1.82, 2.24) is 4.98 Å². The molecule has 0 aliphatic heterocycles. The van der Waals surface area contributed by atoms with Crippen molar-refractivity contribution in [2.24, 2.45) is 0 Å². The highest BCUT2D eigenvalue weighted by molar-refractivity contribution is 14.1. The summed E-state index contributed by atoms with van der Waals surface area (Å²) in [4.78, 5) is 3.71. The molecule has 0 unspecified atom stereocenters. The van der Waals surface area contributed by atoms with Gasteiger partial charge in [0.2, 0.25) is 0 Å². The summed E-state index contributed by atoms with van der Waals surface area (Å²) >= 11 is 1.57. The fraction of sp³-hybridized carbons (Fsp3) is 0.250. The van der Waals surface area contributed by atoms with Crippen LogP contribution in [-0.2, 0) is 12.6 Å². The van der Waals surface area contributed by atoms with Gasteiger partial charge in [0.25, 0.3) is 0 Å². The van der Waals surface area contributed by atoms with Crippen molar-refractivity contribution in [2.75, 3.05) is 0 Å². The van der Waals surface area contributed by atoms with Crippen LogP contribution in [0.2, 0.25) is 0 Å². The molecule has 0 saturated carbocycles. The molecule has 74 valence electrons. The molecule has 1 aromatic heterocycles. The Bertz CT molecular complexity index is 381. The minimum Gasteiger partial charge on any atom is -0.259 e. The zero-order valence-electron chi connectivity index (χ0n) is 6.77. The molecule has 2 nitrogen and oxygen atoms in total. The lowest BCUT2D eigenvalue weighted by Gasteiger charge is -2.09. The van der Waals surface area contributed by atoms with E-state index >= 15 is 0 Å². The van der Waals surface area contributed by atoms with Crippen LogP contribution >= 0.6 is 22.6 Å². The molecule has 1 aromatic rings. The second kappa shape index (κ2) is 4.13. The molecule has 0 N–H and O–H groups in total. The van der Waals surface area contributed by atoms with Gasteiger partial charge in [-0.1, -0.05) is 0 Å².